The normalized spacial score (nSPS) is 22.9. The summed E-state index contributed by atoms with van der Waals surface area (Å²) >= 11 is 0. The summed E-state index contributed by atoms with van der Waals surface area (Å²) in [6, 6.07) is 21.8. The summed E-state index contributed by atoms with van der Waals surface area (Å²) in [5.41, 5.74) is 5.80. The van der Waals surface area contributed by atoms with Gasteiger partial charge in [0, 0.05) is 60.7 Å². The van der Waals surface area contributed by atoms with Crippen LogP contribution in [0.5, 0.6) is 5.75 Å². The van der Waals surface area contributed by atoms with Gasteiger partial charge < -0.3 is 24.4 Å². The molecule has 0 bridgehead atoms. The molecule has 3 aromatic carbocycles. The fourth-order valence-electron chi connectivity index (χ4n) is 6.05. The standard InChI is InChI=1S/C33H33N3O5/c1-35(33(38)27-19-26(27)21-5-3-2-4-6-21)23-7-10-29-28(18-23)30(32(37)34-29)31-25-9-8-24(17-22(25)20-41-31)40-16-13-36-11-14-39-15-12-36/h2-10,17-18,26-27H,11-16,19-20H2,1H3,(H,34,37)/b31-30+/t26-,27+/m1/s1. The number of nitrogens with zero attached hydrogens (tertiary/aromatic N) is 2. The maximum atomic E-state index is 13.3. The van der Waals surface area contributed by atoms with Gasteiger partial charge in [-0.05, 0) is 54.3 Å². The molecule has 3 heterocycles. The topological polar surface area (TPSA) is 80.3 Å². The molecular weight excluding hydrogens is 518 g/mol. The Morgan fingerprint density at radius 3 is 2.71 bits per heavy atom. The summed E-state index contributed by atoms with van der Waals surface area (Å²) < 4.78 is 17.5. The number of fused-ring (bicyclic) bond motifs is 2. The Morgan fingerprint density at radius 1 is 1.05 bits per heavy atom. The van der Waals surface area contributed by atoms with Gasteiger partial charge in [-0.25, -0.2) is 0 Å². The van der Waals surface area contributed by atoms with Crippen LogP contribution in [0.4, 0.5) is 11.4 Å². The van der Waals surface area contributed by atoms with E-state index in [9.17, 15) is 9.59 Å². The highest BCUT2D eigenvalue weighted by atomic mass is 16.5. The molecule has 1 N–H and O–H groups in total. The van der Waals surface area contributed by atoms with E-state index in [-0.39, 0.29) is 23.7 Å². The Hall–Kier alpha value is -4.14. The number of nitrogens with one attached hydrogen (secondary N) is 1. The third kappa shape index (κ3) is 4.98. The van der Waals surface area contributed by atoms with Crippen molar-refractivity contribution in [3.05, 3.63) is 89.0 Å². The van der Waals surface area contributed by atoms with Crippen molar-refractivity contribution in [1.29, 1.82) is 0 Å². The van der Waals surface area contributed by atoms with Crippen LogP contribution in [0.25, 0.3) is 11.3 Å². The summed E-state index contributed by atoms with van der Waals surface area (Å²) in [5, 5.41) is 2.97. The molecule has 0 unspecified atom stereocenters. The molecule has 3 aliphatic heterocycles. The lowest BCUT2D eigenvalue weighted by Crippen LogP contribution is -2.38. The van der Waals surface area contributed by atoms with E-state index >= 15 is 0 Å². The van der Waals surface area contributed by atoms with Crippen LogP contribution in [0.2, 0.25) is 0 Å². The minimum Gasteiger partial charge on any atom is -0.492 e. The molecule has 0 radical (unpaired) electrons. The van der Waals surface area contributed by atoms with E-state index in [1.807, 2.05) is 61.6 Å². The average Bonchev–Trinajstić information content (AvgIpc) is 3.61. The molecule has 4 aliphatic rings. The highest BCUT2D eigenvalue weighted by Crippen LogP contribution is 2.49. The lowest BCUT2D eigenvalue weighted by Gasteiger charge is -2.26. The predicted octanol–water partition coefficient (Wildman–Crippen LogP) is 4.51. The van der Waals surface area contributed by atoms with Gasteiger partial charge in [0.15, 0.2) is 0 Å². The van der Waals surface area contributed by atoms with Gasteiger partial charge in [-0.2, -0.15) is 0 Å². The number of rotatable bonds is 7. The Labute approximate surface area is 239 Å². The Balaban J connectivity index is 1.09. The zero-order chi connectivity index (χ0) is 27.9. The van der Waals surface area contributed by atoms with Crippen molar-refractivity contribution in [2.24, 2.45) is 5.92 Å². The summed E-state index contributed by atoms with van der Waals surface area (Å²) in [6.07, 6.45) is 0.858. The molecule has 8 nitrogen and oxygen atoms in total. The second kappa shape index (κ2) is 10.7. The molecule has 2 atom stereocenters. The smallest absolute Gasteiger partial charge is 0.260 e. The predicted molar refractivity (Wildman–Crippen MR) is 157 cm³/mol. The van der Waals surface area contributed by atoms with Crippen LogP contribution in [-0.4, -0.2) is 63.2 Å². The van der Waals surface area contributed by atoms with E-state index < -0.39 is 0 Å². The first-order valence-corrected chi connectivity index (χ1v) is 14.3. The zero-order valence-electron chi connectivity index (χ0n) is 23.1. The molecule has 3 aromatic rings. The summed E-state index contributed by atoms with van der Waals surface area (Å²) in [4.78, 5) is 30.5. The molecule has 0 spiro atoms. The lowest BCUT2D eigenvalue weighted by atomic mass is 9.99. The number of amides is 2. The number of benzene rings is 3. The molecule has 7 rings (SSSR count). The van der Waals surface area contributed by atoms with Crippen LogP contribution in [0, 0.1) is 5.92 Å². The van der Waals surface area contributed by atoms with Crippen molar-refractivity contribution in [2.75, 3.05) is 56.7 Å². The van der Waals surface area contributed by atoms with Crippen LogP contribution < -0.4 is 15.0 Å². The first-order chi connectivity index (χ1) is 20.1. The van der Waals surface area contributed by atoms with Gasteiger partial charge in [-0.3, -0.25) is 14.5 Å². The molecular formula is C33H33N3O5. The molecule has 1 saturated carbocycles. The third-order valence-corrected chi connectivity index (χ3v) is 8.50. The highest BCUT2D eigenvalue weighted by molar-refractivity contribution is 6.36. The fourth-order valence-corrected chi connectivity index (χ4v) is 6.05. The molecule has 8 heteroatoms. The Bertz CT molecular complexity index is 1530. The largest absolute Gasteiger partial charge is 0.492 e. The van der Waals surface area contributed by atoms with E-state index in [1.54, 1.807) is 4.90 Å². The first-order valence-electron chi connectivity index (χ1n) is 14.3. The number of morpholine rings is 1. The van der Waals surface area contributed by atoms with E-state index in [0.717, 1.165) is 73.1 Å². The van der Waals surface area contributed by atoms with Gasteiger partial charge in [0.2, 0.25) is 5.91 Å². The van der Waals surface area contributed by atoms with Gasteiger partial charge >= 0.3 is 0 Å². The van der Waals surface area contributed by atoms with E-state index in [1.165, 1.54) is 5.56 Å². The van der Waals surface area contributed by atoms with Gasteiger partial charge in [0.05, 0.1) is 18.8 Å². The van der Waals surface area contributed by atoms with Gasteiger partial charge in [-0.1, -0.05) is 30.3 Å². The monoisotopic (exact) mass is 551 g/mol. The van der Waals surface area contributed by atoms with Crippen LogP contribution in [0.1, 0.15) is 34.6 Å². The van der Waals surface area contributed by atoms with Gasteiger partial charge in [0.1, 0.15) is 24.7 Å². The zero-order valence-corrected chi connectivity index (χ0v) is 23.1. The van der Waals surface area contributed by atoms with E-state index in [2.05, 4.69) is 22.3 Å². The maximum Gasteiger partial charge on any atom is 0.260 e. The molecule has 2 amide bonds. The Morgan fingerprint density at radius 2 is 1.88 bits per heavy atom. The maximum absolute atomic E-state index is 13.3. The molecule has 210 valence electrons. The fraction of sp³-hybridized carbons (Fsp3) is 0.333. The van der Waals surface area contributed by atoms with Crippen molar-refractivity contribution < 1.29 is 23.8 Å². The minimum atomic E-state index is -0.203. The van der Waals surface area contributed by atoms with Crippen molar-refractivity contribution in [1.82, 2.24) is 4.90 Å². The average molecular weight is 552 g/mol. The minimum absolute atomic E-state index is 0.0245. The second-order valence-electron chi connectivity index (χ2n) is 11.1. The van der Waals surface area contributed by atoms with Crippen molar-refractivity contribution in [3.8, 4) is 5.75 Å². The van der Waals surface area contributed by atoms with Crippen LogP contribution in [0.3, 0.4) is 0 Å². The van der Waals surface area contributed by atoms with Crippen LogP contribution >= 0.6 is 0 Å². The highest BCUT2D eigenvalue weighted by Gasteiger charge is 2.45. The van der Waals surface area contributed by atoms with Crippen LogP contribution in [0.15, 0.2) is 66.7 Å². The quantitative estimate of drug-likeness (QED) is 0.435. The molecule has 1 aliphatic carbocycles. The number of hydrogen-bond acceptors (Lipinski definition) is 6. The third-order valence-electron chi connectivity index (χ3n) is 8.50. The van der Waals surface area contributed by atoms with Crippen molar-refractivity contribution >= 4 is 34.5 Å². The molecule has 1 saturated heterocycles. The summed E-state index contributed by atoms with van der Waals surface area (Å²) in [6.45, 7) is 5.24. The van der Waals surface area contributed by atoms with Gasteiger partial charge in [0.25, 0.3) is 5.91 Å². The van der Waals surface area contributed by atoms with E-state index in [0.29, 0.717) is 24.5 Å². The molecule has 41 heavy (non-hydrogen) atoms. The second-order valence-corrected chi connectivity index (χ2v) is 11.1. The van der Waals surface area contributed by atoms with E-state index in [4.69, 9.17) is 14.2 Å². The molecule has 2 fully saturated rings. The summed E-state index contributed by atoms with van der Waals surface area (Å²) in [7, 11) is 1.81. The number of ether oxygens (including phenoxy) is 3. The summed E-state index contributed by atoms with van der Waals surface area (Å²) in [5.74, 6) is 1.48. The van der Waals surface area contributed by atoms with Crippen molar-refractivity contribution in [2.45, 2.75) is 18.9 Å². The lowest BCUT2D eigenvalue weighted by molar-refractivity contribution is -0.119. The Kier molecular flexibility index (Phi) is 6.73. The van der Waals surface area contributed by atoms with Crippen LogP contribution in [-0.2, 0) is 25.7 Å². The SMILES string of the molecule is CN(C(=O)[C@H]1C[C@@H]1c1ccccc1)c1ccc2c(c1)/C(=C1\OCc3cc(OCCN4CCOCC4)ccc31)C(=O)N2. The molecule has 0 aromatic heterocycles. The van der Waals surface area contributed by atoms with Gasteiger partial charge in [-0.15, -0.1) is 0 Å². The number of hydrogen-bond donors (Lipinski definition) is 1. The number of carbonyl (C=O) groups is 2. The number of anilines is 2. The van der Waals surface area contributed by atoms with Crippen molar-refractivity contribution in [3.63, 3.8) is 0 Å². The first kappa shape index (κ1) is 25.8. The number of carbonyl (C=O) groups excluding carboxylic acids is 2.